The first-order valence-electron chi connectivity index (χ1n) is 9.02. The van der Waals surface area contributed by atoms with Crippen molar-refractivity contribution in [1.82, 2.24) is 5.32 Å². The Morgan fingerprint density at radius 3 is 2.52 bits per heavy atom. The molecule has 0 aliphatic heterocycles. The zero-order valence-electron chi connectivity index (χ0n) is 15.3. The number of alkyl halides is 3. The van der Waals surface area contributed by atoms with E-state index in [9.17, 15) is 26.7 Å². The fourth-order valence-electron chi connectivity index (χ4n) is 3.63. The van der Waals surface area contributed by atoms with Gasteiger partial charge in [-0.15, -0.1) is 0 Å². The third-order valence-corrected chi connectivity index (χ3v) is 5.19. The van der Waals surface area contributed by atoms with Gasteiger partial charge in [-0.3, -0.25) is 4.79 Å². The second-order valence-corrected chi connectivity index (χ2v) is 7.17. The molecule has 4 nitrogen and oxygen atoms in total. The Bertz CT molecular complexity index is 929. The average molecular weight is 413 g/mol. The predicted octanol–water partition coefficient (Wildman–Crippen LogP) is 3.63. The minimum atomic E-state index is -4.50. The number of amides is 1. The van der Waals surface area contributed by atoms with Gasteiger partial charge in [-0.05, 0) is 53.8 Å². The fraction of sp³-hybridized carbons (Fsp3) is 0.350. The van der Waals surface area contributed by atoms with E-state index in [0.717, 1.165) is 24.3 Å². The van der Waals surface area contributed by atoms with Crippen LogP contribution in [-0.2, 0) is 23.9 Å². The number of nitrogen functional groups attached to an aromatic ring is 1. The molecule has 0 radical (unpaired) electrons. The number of hydrogen-bond acceptors (Lipinski definition) is 3. The standard InChI is InChI=1S/C20H20F5N3O/c21-15-5-10-2-4-13(14(10)7-16(15)22)18(27)8-19(29)28-9-11-1-3-12(6-17(11)26)20(23,24)25/h1,3,5-7,13,18H,2,4,8-9,26-27H2,(H,28,29). The molecule has 29 heavy (non-hydrogen) atoms. The van der Waals surface area contributed by atoms with Crippen molar-refractivity contribution in [2.75, 3.05) is 5.73 Å². The number of benzene rings is 2. The summed E-state index contributed by atoms with van der Waals surface area (Å²) in [4.78, 5) is 12.2. The van der Waals surface area contributed by atoms with E-state index in [1.54, 1.807) is 0 Å². The Balaban J connectivity index is 1.59. The lowest BCUT2D eigenvalue weighted by Crippen LogP contribution is -2.35. The topological polar surface area (TPSA) is 81.1 Å². The molecule has 0 spiro atoms. The Hall–Kier alpha value is -2.68. The van der Waals surface area contributed by atoms with Crippen LogP contribution in [0.25, 0.3) is 0 Å². The van der Waals surface area contributed by atoms with E-state index in [2.05, 4.69) is 5.32 Å². The van der Waals surface area contributed by atoms with Crippen LogP contribution in [0.2, 0.25) is 0 Å². The molecule has 0 saturated heterocycles. The van der Waals surface area contributed by atoms with E-state index in [-0.39, 0.29) is 24.6 Å². The van der Waals surface area contributed by atoms with Crippen LogP contribution in [0, 0.1) is 11.6 Å². The van der Waals surface area contributed by atoms with Crippen molar-refractivity contribution >= 4 is 11.6 Å². The smallest absolute Gasteiger partial charge is 0.398 e. The lowest BCUT2D eigenvalue weighted by Gasteiger charge is -2.20. The van der Waals surface area contributed by atoms with Gasteiger partial charge in [-0.1, -0.05) is 6.07 Å². The summed E-state index contributed by atoms with van der Waals surface area (Å²) in [5.41, 5.74) is 12.5. The molecule has 0 aromatic heterocycles. The molecule has 0 saturated carbocycles. The van der Waals surface area contributed by atoms with Crippen molar-refractivity contribution in [2.24, 2.45) is 5.73 Å². The molecule has 3 rings (SSSR count). The van der Waals surface area contributed by atoms with Crippen LogP contribution >= 0.6 is 0 Å². The molecular formula is C20H20F5N3O. The maximum atomic E-state index is 13.5. The molecule has 0 heterocycles. The Morgan fingerprint density at radius 1 is 1.17 bits per heavy atom. The maximum absolute atomic E-state index is 13.5. The number of anilines is 1. The highest BCUT2D eigenvalue weighted by molar-refractivity contribution is 5.77. The normalized spacial score (nSPS) is 17.1. The van der Waals surface area contributed by atoms with Gasteiger partial charge < -0.3 is 16.8 Å². The van der Waals surface area contributed by atoms with E-state index in [0.29, 0.717) is 29.5 Å². The zero-order chi connectivity index (χ0) is 21.3. The predicted molar refractivity (Wildman–Crippen MR) is 97.7 cm³/mol. The van der Waals surface area contributed by atoms with Gasteiger partial charge in [-0.2, -0.15) is 13.2 Å². The third-order valence-electron chi connectivity index (χ3n) is 5.19. The summed E-state index contributed by atoms with van der Waals surface area (Å²) in [6.45, 7) is -0.0450. The van der Waals surface area contributed by atoms with E-state index in [1.807, 2.05) is 0 Å². The number of nitrogens with two attached hydrogens (primary N) is 2. The quantitative estimate of drug-likeness (QED) is 0.517. The number of carbonyl (C=O) groups excluding carboxylic acids is 1. The van der Waals surface area contributed by atoms with Crippen LogP contribution in [0.15, 0.2) is 30.3 Å². The molecule has 156 valence electrons. The Kier molecular flexibility index (Phi) is 5.79. The molecule has 9 heteroatoms. The molecular weight excluding hydrogens is 393 g/mol. The first-order chi connectivity index (χ1) is 13.6. The lowest BCUT2D eigenvalue weighted by atomic mass is 9.91. The van der Waals surface area contributed by atoms with Gasteiger partial charge in [0.2, 0.25) is 5.91 Å². The van der Waals surface area contributed by atoms with Gasteiger partial charge >= 0.3 is 6.18 Å². The zero-order valence-corrected chi connectivity index (χ0v) is 15.3. The lowest BCUT2D eigenvalue weighted by molar-refractivity contribution is -0.137. The molecule has 1 aliphatic carbocycles. The number of rotatable bonds is 5. The van der Waals surface area contributed by atoms with Crippen LogP contribution in [0.4, 0.5) is 27.6 Å². The summed E-state index contributed by atoms with van der Waals surface area (Å²) in [5, 5.41) is 2.58. The van der Waals surface area contributed by atoms with Crippen molar-refractivity contribution in [3.63, 3.8) is 0 Å². The molecule has 0 fully saturated rings. The minimum Gasteiger partial charge on any atom is -0.398 e. The first kappa shape index (κ1) is 21.0. The number of hydrogen-bond donors (Lipinski definition) is 3. The maximum Gasteiger partial charge on any atom is 0.416 e. The number of halogens is 5. The van der Waals surface area contributed by atoms with Gasteiger partial charge in [-0.25, -0.2) is 8.78 Å². The number of fused-ring (bicyclic) bond motifs is 1. The highest BCUT2D eigenvalue weighted by Gasteiger charge is 2.31. The molecule has 1 amide bonds. The molecule has 2 aromatic rings. The van der Waals surface area contributed by atoms with Gasteiger partial charge in [0, 0.05) is 30.6 Å². The fourth-order valence-corrected chi connectivity index (χ4v) is 3.63. The molecule has 5 N–H and O–H groups in total. The molecule has 2 aromatic carbocycles. The van der Waals surface area contributed by atoms with Crippen molar-refractivity contribution < 1.29 is 26.7 Å². The molecule has 1 aliphatic rings. The summed E-state index contributed by atoms with van der Waals surface area (Å²) in [6, 6.07) is 4.60. The van der Waals surface area contributed by atoms with Crippen LogP contribution in [0.3, 0.4) is 0 Å². The molecule has 0 bridgehead atoms. The summed E-state index contributed by atoms with van der Waals surface area (Å²) >= 11 is 0. The second kappa shape index (κ2) is 7.98. The van der Waals surface area contributed by atoms with Crippen LogP contribution < -0.4 is 16.8 Å². The Morgan fingerprint density at radius 2 is 1.86 bits per heavy atom. The van der Waals surface area contributed by atoms with Gasteiger partial charge in [0.25, 0.3) is 0 Å². The third kappa shape index (κ3) is 4.67. The second-order valence-electron chi connectivity index (χ2n) is 7.17. The number of nitrogens with one attached hydrogen (secondary N) is 1. The average Bonchev–Trinajstić information content (AvgIpc) is 3.03. The summed E-state index contributed by atoms with van der Waals surface area (Å²) < 4.78 is 64.9. The molecule has 2 atom stereocenters. The van der Waals surface area contributed by atoms with E-state index in [1.165, 1.54) is 6.07 Å². The largest absolute Gasteiger partial charge is 0.416 e. The van der Waals surface area contributed by atoms with Crippen molar-refractivity contribution in [3.8, 4) is 0 Å². The molecule has 2 unspecified atom stereocenters. The first-order valence-corrected chi connectivity index (χ1v) is 9.02. The highest BCUT2D eigenvalue weighted by Crippen LogP contribution is 2.37. The summed E-state index contributed by atoms with van der Waals surface area (Å²) in [5.74, 6) is -2.55. The highest BCUT2D eigenvalue weighted by atomic mass is 19.4. The van der Waals surface area contributed by atoms with Crippen LogP contribution in [0.5, 0.6) is 0 Å². The van der Waals surface area contributed by atoms with Gasteiger partial charge in [0.1, 0.15) is 0 Å². The van der Waals surface area contributed by atoms with Crippen LogP contribution in [-0.4, -0.2) is 11.9 Å². The van der Waals surface area contributed by atoms with E-state index < -0.39 is 35.3 Å². The van der Waals surface area contributed by atoms with Crippen molar-refractivity contribution in [1.29, 1.82) is 0 Å². The van der Waals surface area contributed by atoms with Crippen molar-refractivity contribution in [2.45, 2.75) is 43.9 Å². The SMILES string of the molecule is Nc1cc(C(F)(F)F)ccc1CNC(=O)CC(N)C1CCc2cc(F)c(F)cc21. The van der Waals surface area contributed by atoms with Gasteiger partial charge in [0.05, 0.1) is 5.56 Å². The van der Waals surface area contributed by atoms with Gasteiger partial charge in [0.15, 0.2) is 11.6 Å². The number of aryl methyl sites for hydroxylation is 1. The van der Waals surface area contributed by atoms with E-state index in [4.69, 9.17) is 11.5 Å². The van der Waals surface area contributed by atoms with E-state index >= 15 is 0 Å². The van der Waals surface area contributed by atoms with Crippen LogP contribution in [0.1, 0.15) is 41.0 Å². The van der Waals surface area contributed by atoms with Crippen molar-refractivity contribution in [3.05, 3.63) is 64.2 Å². The minimum absolute atomic E-state index is 0.0450. The monoisotopic (exact) mass is 413 g/mol. The Labute approximate surface area is 164 Å². The number of carbonyl (C=O) groups is 1. The summed E-state index contributed by atoms with van der Waals surface area (Å²) in [7, 11) is 0. The summed E-state index contributed by atoms with van der Waals surface area (Å²) in [6.07, 6.45) is -3.43.